The molecular weight excluding hydrogens is 773 g/mol. The minimum Gasteiger partial charge on any atom is -0.334 e. The highest BCUT2D eigenvalue weighted by molar-refractivity contribution is 7.00. The van der Waals surface area contributed by atoms with Crippen LogP contribution < -0.4 is 31.1 Å². The predicted molar refractivity (Wildman–Crippen MR) is 278 cm³/mol. The molecule has 0 N–H and O–H groups in total. The van der Waals surface area contributed by atoms with Gasteiger partial charge in [-0.15, -0.1) is 0 Å². The molecule has 1 fully saturated rings. The smallest absolute Gasteiger partial charge is 0.252 e. The molecule has 0 aromatic heterocycles. The van der Waals surface area contributed by atoms with Gasteiger partial charge >= 0.3 is 0 Å². The number of rotatable bonds is 3. The molecule has 328 valence electrons. The van der Waals surface area contributed by atoms with E-state index in [4.69, 9.17) is 0 Å². The predicted octanol–water partition coefficient (Wildman–Crippen LogP) is 14.6. The van der Waals surface area contributed by atoms with Gasteiger partial charge in [0, 0.05) is 50.9 Å². The van der Waals surface area contributed by atoms with Crippen LogP contribution in [0.5, 0.6) is 0 Å². The van der Waals surface area contributed by atoms with Crippen LogP contribution in [0.25, 0.3) is 0 Å². The first-order valence-electron chi connectivity index (χ1n) is 24.1. The molecule has 6 aromatic rings. The van der Waals surface area contributed by atoms with E-state index in [1.54, 1.807) is 0 Å². The van der Waals surface area contributed by atoms with Crippen molar-refractivity contribution in [3.63, 3.8) is 0 Å². The van der Waals surface area contributed by atoms with Gasteiger partial charge in [-0.25, -0.2) is 0 Å². The Morgan fingerprint density at radius 2 is 0.969 bits per heavy atom. The quantitative estimate of drug-likeness (QED) is 0.164. The minimum atomic E-state index is -0.0432. The zero-order valence-corrected chi connectivity index (χ0v) is 41.5. The van der Waals surface area contributed by atoms with Gasteiger partial charge < -0.3 is 14.7 Å². The van der Waals surface area contributed by atoms with Gasteiger partial charge in [-0.3, -0.25) is 0 Å². The summed E-state index contributed by atoms with van der Waals surface area (Å²) in [5, 5.41) is 0. The fourth-order valence-corrected chi connectivity index (χ4v) is 11.9. The lowest BCUT2D eigenvalue weighted by molar-refractivity contribution is 0.330. The molecular formula is C60H70BN3. The molecule has 2 unspecified atom stereocenters. The van der Waals surface area contributed by atoms with E-state index in [-0.39, 0.29) is 39.3 Å². The second kappa shape index (κ2) is 13.9. The number of hydrogen-bond donors (Lipinski definition) is 0. The first-order valence-corrected chi connectivity index (χ1v) is 24.1. The molecule has 3 nitrogen and oxygen atoms in total. The molecule has 0 bridgehead atoms. The van der Waals surface area contributed by atoms with Crippen LogP contribution in [0.15, 0.2) is 115 Å². The Morgan fingerprint density at radius 1 is 0.453 bits per heavy atom. The van der Waals surface area contributed by atoms with Gasteiger partial charge in [-0.2, -0.15) is 0 Å². The van der Waals surface area contributed by atoms with Crippen molar-refractivity contribution in [2.45, 2.75) is 156 Å². The third-order valence-corrected chi connectivity index (χ3v) is 16.0. The van der Waals surface area contributed by atoms with Crippen molar-refractivity contribution in [2.24, 2.45) is 0 Å². The highest BCUT2D eigenvalue weighted by Crippen LogP contribution is 2.63. The Labute approximate surface area is 386 Å². The SMILES string of the molecule is Cc1cc2c3c(c1)N(c1cccc(C(C)(C)C)c1)c1cc(C(C)(C)C)ccc1B3c1ccc(N3c4ccc(C(C)(C)C)cc4C4(C)CCCC34C)cc1N2c1ccc(C(C)(C)C)cc1. The number of aryl methyl sites for hydroxylation is 1. The summed E-state index contributed by atoms with van der Waals surface area (Å²) in [7, 11) is 0. The van der Waals surface area contributed by atoms with Crippen molar-refractivity contribution in [1.29, 1.82) is 0 Å². The van der Waals surface area contributed by atoms with Gasteiger partial charge in [-0.1, -0.05) is 151 Å². The summed E-state index contributed by atoms with van der Waals surface area (Å²) in [4.78, 5) is 7.97. The van der Waals surface area contributed by atoms with Crippen molar-refractivity contribution in [2.75, 3.05) is 14.7 Å². The van der Waals surface area contributed by atoms with E-state index in [9.17, 15) is 0 Å². The lowest BCUT2D eigenvalue weighted by atomic mass is 9.33. The number of anilines is 8. The maximum absolute atomic E-state index is 2.76. The van der Waals surface area contributed by atoms with Gasteiger partial charge in [-0.05, 0) is 159 Å². The average Bonchev–Trinajstić information content (AvgIpc) is 3.62. The Morgan fingerprint density at radius 3 is 1.59 bits per heavy atom. The molecule has 3 heterocycles. The number of hydrogen-bond acceptors (Lipinski definition) is 3. The molecule has 0 spiro atoms. The lowest BCUT2D eigenvalue weighted by Crippen LogP contribution is -2.61. The van der Waals surface area contributed by atoms with Gasteiger partial charge in [0.25, 0.3) is 6.71 Å². The second-order valence-corrected chi connectivity index (χ2v) is 24.5. The molecule has 1 aliphatic carbocycles. The highest BCUT2D eigenvalue weighted by Gasteiger charge is 2.59. The van der Waals surface area contributed by atoms with E-state index in [1.165, 1.54) is 115 Å². The number of fused-ring (bicyclic) bond motifs is 7. The van der Waals surface area contributed by atoms with Crippen LogP contribution in [-0.2, 0) is 27.1 Å². The first kappa shape index (κ1) is 42.7. The summed E-state index contributed by atoms with van der Waals surface area (Å²) in [5.41, 5.74) is 22.6. The maximum atomic E-state index is 2.76. The standard InChI is InChI=1S/C60H70BN3/c1-38-32-52-54-53(33-38)63(44-19-16-18-40(34-44)56(5,6)7)50-36-42(58(11,12)13)22-27-47(50)61(54)48-28-26-45(37-51(48)62(52)43-24-20-39(21-25-43)55(2,3)4)64-49-29-23-41(57(8,9)10)35-46(49)59(14)30-17-31-60(59,64)15/h16,18-29,32-37H,17,30-31H2,1-15H3. The Kier molecular flexibility index (Phi) is 9.28. The molecule has 3 aliphatic heterocycles. The van der Waals surface area contributed by atoms with Crippen molar-refractivity contribution < 1.29 is 0 Å². The van der Waals surface area contributed by atoms with Crippen molar-refractivity contribution in [3.05, 3.63) is 149 Å². The molecule has 10 rings (SSSR count). The summed E-state index contributed by atoms with van der Waals surface area (Å²) in [6, 6.07) is 46.0. The molecule has 4 aliphatic rings. The van der Waals surface area contributed by atoms with Gasteiger partial charge in [0.2, 0.25) is 0 Å². The van der Waals surface area contributed by atoms with Crippen LogP contribution in [0, 0.1) is 6.92 Å². The van der Waals surface area contributed by atoms with Crippen molar-refractivity contribution in [3.8, 4) is 0 Å². The first-order chi connectivity index (χ1) is 29.9. The topological polar surface area (TPSA) is 9.72 Å². The van der Waals surface area contributed by atoms with Crippen molar-refractivity contribution >= 4 is 68.6 Å². The summed E-state index contributed by atoms with van der Waals surface area (Å²) in [5.74, 6) is 0. The van der Waals surface area contributed by atoms with E-state index in [2.05, 4.69) is 234 Å². The lowest BCUT2D eigenvalue weighted by Gasteiger charge is -2.46. The molecule has 6 aromatic carbocycles. The Bertz CT molecular complexity index is 2860. The largest absolute Gasteiger partial charge is 0.334 e. The van der Waals surface area contributed by atoms with Gasteiger partial charge in [0.1, 0.15) is 0 Å². The number of benzene rings is 6. The van der Waals surface area contributed by atoms with E-state index >= 15 is 0 Å². The molecule has 0 saturated heterocycles. The van der Waals surface area contributed by atoms with Crippen molar-refractivity contribution in [1.82, 2.24) is 0 Å². The average molecular weight is 844 g/mol. The second-order valence-electron chi connectivity index (χ2n) is 24.5. The van der Waals surface area contributed by atoms with Crippen LogP contribution in [-0.4, -0.2) is 12.3 Å². The molecule has 2 atom stereocenters. The normalized spacial score (nSPS) is 20.2. The zero-order chi connectivity index (χ0) is 45.7. The maximum Gasteiger partial charge on any atom is 0.252 e. The summed E-state index contributed by atoms with van der Waals surface area (Å²) >= 11 is 0. The summed E-state index contributed by atoms with van der Waals surface area (Å²) in [6.45, 7) is 35.4. The molecule has 1 saturated carbocycles. The van der Waals surface area contributed by atoms with Crippen LogP contribution in [0.4, 0.5) is 45.5 Å². The molecule has 0 radical (unpaired) electrons. The molecule has 64 heavy (non-hydrogen) atoms. The fourth-order valence-electron chi connectivity index (χ4n) is 11.9. The zero-order valence-electron chi connectivity index (χ0n) is 41.5. The third kappa shape index (κ3) is 6.35. The van der Waals surface area contributed by atoms with E-state index in [0.29, 0.717) is 0 Å². The van der Waals surface area contributed by atoms with Gasteiger partial charge in [0.15, 0.2) is 0 Å². The van der Waals surface area contributed by atoms with Crippen LogP contribution in [0.1, 0.15) is 150 Å². The minimum absolute atomic E-state index is 0.00803. The Balaban J connectivity index is 1.25. The fraction of sp³-hybridized carbons (Fsp3) is 0.400. The third-order valence-electron chi connectivity index (χ3n) is 16.0. The van der Waals surface area contributed by atoms with E-state index in [0.717, 1.165) is 0 Å². The number of nitrogens with zero attached hydrogens (tertiary/aromatic N) is 3. The van der Waals surface area contributed by atoms with E-state index in [1.807, 2.05) is 0 Å². The molecule has 0 amide bonds. The van der Waals surface area contributed by atoms with Gasteiger partial charge in [0.05, 0.1) is 5.54 Å². The highest BCUT2D eigenvalue weighted by atomic mass is 15.3. The summed E-state index contributed by atoms with van der Waals surface area (Å²) in [6.07, 6.45) is 3.61. The van der Waals surface area contributed by atoms with E-state index < -0.39 is 0 Å². The monoisotopic (exact) mass is 844 g/mol. The summed E-state index contributed by atoms with van der Waals surface area (Å²) < 4.78 is 0. The Hall–Kier alpha value is -5.22. The van der Waals surface area contributed by atoms with Crippen LogP contribution in [0.3, 0.4) is 0 Å². The van der Waals surface area contributed by atoms with Crippen LogP contribution in [0.2, 0.25) is 0 Å². The van der Waals surface area contributed by atoms with Crippen LogP contribution >= 0.6 is 0 Å². The molecule has 4 heteroatoms.